The Labute approximate surface area is 97.6 Å². The lowest BCUT2D eigenvalue weighted by Gasteiger charge is -2.29. The molecule has 0 aliphatic carbocycles. The van der Waals surface area contributed by atoms with Gasteiger partial charge < -0.3 is 5.32 Å². The van der Waals surface area contributed by atoms with Gasteiger partial charge in [0.1, 0.15) is 5.54 Å². The summed E-state index contributed by atoms with van der Waals surface area (Å²) in [6, 6.07) is 12.2. The number of para-hydroxylation sites is 1. The van der Waals surface area contributed by atoms with Crippen molar-refractivity contribution in [2.45, 2.75) is 26.3 Å². The van der Waals surface area contributed by atoms with Crippen molar-refractivity contribution < 1.29 is 0 Å². The fourth-order valence-corrected chi connectivity index (χ4v) is 1.60. The van der Waals surface area contributed by atoms with Gasteiger partial charge in [0, 0.05) is 5.69 Å². The molecule has 0 aliphatic heterocycles. The van der Waals surface area contributed by atoms with Crippen molar-refractivity contribution in [2.75, 3.05) is 5.32 Å². The predicted molar refractivity (Wildman–Crippen MR) is 68.1 cm³/mol. The van der Waals surface area contributed by atoms with Gasteiger partial charge in [-0.25, -0.2) is 0 Å². The second kappa shape index (κ2) is 5.37. The van der Waals surface area contributed by atoms with Crippen LogP contribution >= 0.6 is 0 Å². The van der Waals surface area contributed by atoms with Crippen molar-refractivity contribution in [3.8, 4) is 6.07 Å². The van der Waals surface area contributed by atoms with Gasteiger partial charge in [0.2, 0.25) is 0 Å². The maximum atomic E-state index is 9.38. The van der Waals surface area contributed by atoms with Gasteiger partial charge in [0.25, 0.3) is 0 Å². The van der Waals surface area contributed by atoms with E-state index in [0.717, 1.165) is 5.69 Å². The van der Waals surface area contributed by atoms with Crippen LogP contribution in [0.15, 0.2) is 42.5 Å². The van der Waals surface area contributed by atoms with Crippen LogP contribution in [0.2, 0.25) is 0 Å². The van der Waals surface area contributed by atoms with Crippen LogP contribution in [-0.4, -0.2) is 5.54 Å². The highest BCUT2D eigenvalue weighted by atomic mass is 15.0. The third-order valence-electron chi connectivity index (χ3n) is 2.65. The van der Waals surface area contributed by atoms with Crippen molar-refractivity contribution in [3.63, 3.8) is 0 Å². The number of hydrogen-bond acceptors (Lipinski definition) is 2. The molecule has 16 heavy (non-hydrogen) atoms. The molecule has 1 N–H and O–H groups in total. The summed E-state index contributed by atoms with van der Waals surface area (Å²) in [7, 11) is 0. The maximum absolute atomic E-state index is 9.38. The Morgan fingerprint density at radius 2 is 1.94 bits per heavy atom. The van der Waals surface area contributed by atoms with E-state index in [-0.39, 0.29) is 5.92 Å². The highest BCUT2D eigenvalue weighted by Crippen LogP contribution is 2.24. The van der Waals surface area contributed by atoms with Crippen LogP contribution in [0.25, 0.3) is 0 Å². The number of hydrogen-bond donors (Lipinski definition) is 1. The third kappa shape index (κ3) is 2.64. The van der Waals surface area contributed by atoms with Crippen LogP contribution in [0, 0.1) is 17.2 Å². The van der Waals surface area contributed by atoms with E-state index in [2.05, 4.69) is 11.4 Å². The molecule has 84 valence electrons. The molecule has 0 bridgehead atoms. The Hall–Kier alpha value is -1.75. The lowest BCUT2D eigenvalue weighted by molar-refractivity contribution is 0.509. The van der Waals surface area contributed by atoms with Crippen molar-refractivity contribution in [1.82, 2.24) is 0 Å². The molecule has 0 radical (unpaired) electrons. The molecular formula is C14H18N2. The number of benzene rings is 1. The zero-order valence-corrected chi connectivity index (χ0v) is 10.1. The van der Waals surface area contributed by atoms with Gasteiger partial charge in [-0.2, -0.15) is 5.26 Å². The highest BCUT2D eigenvalue weighted by molar-refractivity contribution is 5.50. The van der Waals surface area contributed by atoms with E-state index in [1.807, 2.05) is 63.3 Å². The molecular weight excluding hydrogens is 196 g/mol. The van der Waals surface area contributed by atoms with E-state index in [0.29, 0.717) is 0 Å². The summed E-state index contributed by atoms with van der Waals surface area (Å²) in [5, 5.41) is 12.7. The lowest BCUT2D eigenvalue weighted by atomic mass is 9.87. The molecule has 2 nitrogen and oxygen atoms in total. The minimum Gasteiger partial charge on any atom is -0.364 e. The Morgan fingerprint density at radius 1 is 1.31 bits per heavy atom. The Balaban J connectivity index is 3.01. The van der Waals surface area contributed by atoms with E-state index < -0.39 is 5.54 Å². The average Bonchev–Trinajstić information content (AvgIpc) is 2.29. The summed E-state index contributed by atoms with van der Waals surface area (Å²) >= 11 is 0. The van der Waals surface area contributed by atoms with Crippen LogP contribution in [0.3, 0.4) is 0 Å². The van der Waals surface area contributed by atoms with E-state index in [9.17, 15) is 5.26 Å². The van der Waals surface area contributed by atoms with Crippen LogP contribution in [0.1, 0.15) is 20.8 Å². The fraction of sp³-hybridized carbons (Fsp3) is 0.357. The smallest absolute Gasteiger partial charge is 0.146 e. The van der Waals surface area contributed by atoms with Gasteiger partial charge in [0.15, 0.2) is 0 Å². The van der Waals surface area contributed by atoms with Gasteiger partial charge >= 0.3 is 0 Å². The van der Waals surface area contributed by atoms with Crippen LogP contribution in [0.4, 0.5) is 5.69 Å². The topological polar surface area (TPSA) is 35.8 Å². The monoisotopic (exact) mass is 214 g/mol. The molecule has 0 spiro atoms. The summed E-state index contributed by atoms with van der Waals surface area (Å²) in [5.74, 6) is 0.203. The second-order valence-electron chi connectivity index (χ2n) is 4.13. The number of rotatable bonds is 4. The van der Waals surface area contributed by atoms with E-state index in [1.54, 1.807) is 0 Å². The number of nitrogens with zero attached hydrogens (tertiary/aromatic N) is 1. The summed E-state index contributed by atoms with van der Waals surface area (Å²) in [4.78, 5) is 0. The van der Waals surface area contributed by atoms with Gasteiger partial charge in [-0.3, -0.25) is 0 Å². The van der Waals surface area contributed by atoms with Crippen molar-refractivity contribution in [2.24, 2.45) is 5.92 Å². The SMILES string of the molecule is CC=CC(C#N)(Nc1ccccc1)C(C)C. The minimum absolute atomic E-state index is 0.203. The molecule has 0 amide bonds. The lowest BCUT2D eigenvalue weighted by Crippen LogP contribution is -2.40. The van der Waals surface area contributed by atoms with Crippen LogP contribution < -0.4 is 5.32 Å². The van der Waals surface area contributed by atoms with Crippen molar-refractivity contribution in [1.29, 1.82) is 5.26 Å². The Bertz CT molecular complexity index is 387. The number of nitriles is 1. The van der Waals surface area contributed by atoms with E-state index in [1.165, 1.54) is 0 Å². The summed E-state index contributed by atoms with van der Waals surface area (Å²) in [5.41, 5.74) is 0.340. The van der Waals surface area contributed by atoms with Gasteiger partial charge in [-0.1, -0.05) is 38.1 Å². The first-order chi connectivity index (χ1) is 7.64. The molecule has 0 fully saturated rings. The highest BCUT2D eigenvalue weighted by Gasteiger charge is 2.30. The molecule has 0 saturated carbocycles. The minimum atomic E-state index is -0.629. The Kier molecular flexibility index (Phi) is 4.13. The van der Waals surface area contributed by atoms with Gasteiger partial charge in [0.05, 0.1) is 6.07 Å². The molecule has 1 atom stereocenters. The van der Waals surface area contributed by atoms with Gasteiger partial charge in [-0.05, 0) is 31.1 Å². The normalized spacial score (nSPS) is 14.7. The molecule has 1 unspecified atom stereocenters. The average molecular weight is 214 g/mol. The van der Waals surface area contributed by atoms with Crippen LogP contribution in [0.5, 0.6) is 0 Å². The zero-order valence-electron chi connectivity index (χ0n) is 10.1. The summed E-state index contributed by atoms with van der Waals surface area (Å²) in [6.07, 6.45) is 3.84. The quantitative estimate of drug-likeness (QED) is 0.777. The third-order valence-corrected chi connectivity index (χ3v) is 2.65. The molecule has 0 aliphatic rings. The number of anilines is 1. The van der Waals surface area contributed by atoms with Crippen molar-refractivity contribution in [3.05, 3.63) is 42.5 Å². The number of allylic oxidation sites excluding steroid dienone is 1. The molecule has 2 heteroatoms. The predicted octanol–water partition coefficient (Wildman–Crippen LogP) is 3.59. The Morgan fingerprint density at radius 3 is 2.38 bits per heavy atom. The summed E-state index contributed by atoms with van der Waals surface area (Å²) in [6.45, 7) is 6.01. The first-order valence-corrected chi connectivity index (χ1v) is 5.53. The second-order valence-corrected chi connectivity index (χ2v) is 4.13. The standard InChI is InChI=1S/C14H18N2/c1-4-10-14(11-15,12(2)3)16-13-8-6-5-7-9-13/h4-10,12,16H,1-3H3. The fourth-order valence-electron chi connectivity index (χ4n) is 1.60. The molecule has 0 saturated heterocycles. The first-order valence-electron chi connectivity index (χ1n) is 5.53. The van der Waals surface area contributed by atoms with E-state index in [4.69, 9.17) is 0 Å². The number of nitrogens with one attached hydrogen (secondary N) is 1. The van der Waals surface area contributed by atoms with Gasteiger partial charge in [-0.15, -0.1) is 0 Å². The molecule has 1 aromatic rings. The van der Waals surface area contributed by atoms with Crippen LogP contribution in [-0.2, 0) is 0 Å². The summed E-state index contributed by atoms with van der Waals surface area (Å²) < 4.78 is 0. The maximum Gasteiger partial charge on any atom is 0.146 e. The molecule has 1 aromatic carbocycles. The molecule has 1 rings (SSSR count). The largest absolute Gasteiger partial charge is 0.364 e. The zero-order chi connectivity index (χ0) is 12.0. The molecule has 0 aromatic heterocycles. The van der Waals surface area contributed by atoms with Crippen molar-refractivity contribution >= 4 is 5.69 Å². The molecule has 0 heterocycles. The van der Waals surface area contributed by atoms with E-state index >= 15 is 0 Å². The first kappa shape index (κ1) is 12.3.